The highest BCUT2D eigenvalue weighted by Gasteiger charge is 2.15. The van der Waals surface area contributed by atoms with Crippen molar-refractivity contribution in [2.75, 3.05) is 18.5 Å². The van der Waals surface area contributed by atoms with E-state index in [1.54, 1.807) is 30.3 Å². The minimum Gasteiger partial charge on any atom is -0.493 e. The molecule has 0 aliphatic carbocycles. The Morgan fingerprint density at radius 3 is 2.77 bits per heavy atom. The van der Waals surface area contributed by atoms with Crippen LogP contribution in [-0.4, -0.2) is 24.0 Å². The van der Waals surface area contributed by atoms with Crippen LogP contribution < -0.4 is 14.8 Å². The fourth-order valence-corrected chi connectivity index (χ4v) is 2.08. The van der Waals surface area contributed by atoms with Gasteiger partial charge in [-0.05, 0) is 24.6 Å². The predicted molar refractivity (Wildman–Crippen MR) is 94.0 cm³/mol. The van der Waals surface area contributed by atoms with Gasteiger partial charge in [0.25, 0.3) is 5.91 Å². The van der Waals surface area contributed by atoms with Crippen molar-refractivity contribution in [3.05, 3.63) is 58.6 Å². The van der Waals surface area contributed by atoms with E-state index in [1.807, 2.05) is 6.07 Å². The normalized spacial score (nSPS) is 9.81. The van der Waals surface area contributed by atoms with E-state index < -0.39 is 10.8 Å². The monoisotopic (exact) mass is 355 g/mol. The summed E-state index contributed by atoms with van der Waals surface area (Å²) in [6, 6.07) is 14.7. The standard InChI is InChI=1S/C18H17N3O5/c19-10-3-4-11-25-15-7-5-6-14(12-15)20-18(22)13-26-17-9-2-1-8-16(17)21(23)24/h1-2,5-9,12H,3-4,11,13H2,(H,20,22). The lowest BCUT2D eigenvalue weighted by atomic mass is 10.3. The van der Waals surface area contributed by atoms with Crippen molar-refractivity contribution in [3.8, 4) is 17.6 Å². The zero-order valence-corrected chi connectivity index (χ0v) is 13.9. The fourth-order valence-electron chi connectivity index (χ4n) is 2.08. The number of rotatable bonds is 9. The summed E-state index contributed by atoms with van der Waals surface area (Å²) >= 11 is 0. The molecule has 134 valence electrons. The Morgan fingerprint density at radius 1 is 1.19 bits per heavy atom. The third-order valence-electron chi connectivity index (χ3n) is 3.24. The van der Waals surface area contributed by atoms with Crippen molar-refractivity contribution in [1.29, 1.82) is 5.26 Å². The Bertz CT molecular complexity index is 816. The molecule has 0 fully saturated rings. The van der Waals surface area contributed by atoms with Crippen molar-refractivity contribution in [1.82, 2.24) is 0 Å². The Hall–Kier alpha value is -3.60. The number of nitrogens with one attached hydrogen (secondary N) is 1. The maximum absolute atomic E-state index is 12.0. The van der Waals surface area contributed by atoms with Gasteiger partial charge >= 0.3 is 5.69 Å². The van der Waals surface area contributed by atoms with Crippen molar-refractivity contribution in [2.45, 2.75) is 12.8 Å². The van der Waals surface area contributed by atoms with Crippen LogP contribution in [0.5, 0.6) is 11.5 Å². The fraction of sp³-hybridized carbons (Fsp3) is 0.222. The number of amides is 1. The summed E-state index contributed by atoms with van der Waals surface area (Å²) in [7, 11) is 0. The minimum atomic E-state index is -0.569. The second kappa shape index (κ2) is 9.64. The van der Waals surface area contributed by atoms with Gasteiger partial charge in [0.2, 0.25) is 0 Å². The SMILES string of the molecule is N#CCCCOc1cccc(NC(=O)COc2ccccc2[N+](=O)[O-])c1. The summed E-state index contributed by atoms with van der Waals surface area (Å²) in [5.74, 6) is 0.146. The predicted octanol–water partition coefficient (Wildman–Crippen LogP) is 3.29. The first-order chi connectivity index (χ1) is 12.6. The lowest BCUT2D eigenvalue weighted by Gasteiger charge is -2.10. The molecular formula is C18H17N3O5. The molecule has 2 aromatic carbocycles. The van der Waals surface area contributed by atoms with E-state index in [9.17, 15) is 14.9 Å². The molecule has 0 saturated heterocycles. The number of nitro groups is 1. The maximum Gasteiger partial charge on any atom is 0.310 e. The smallest absolute Gasteiger partial charge is 0.310 e. The number of carbonyl (C=O) groups excluding carboxylic acids is 1. The second-order valence-corrected chi connectivity index (χ2v) is 5.20. The molecule has 0 aliphatic rings. The van der Waals surface area contributed by atoms with Gasteiger partial charge in [0.1, 0.15) is 5.75 Å². The molecular weight excluding hydrogens is 338 g/mol. The van der Waals surface area contributed by atoms with Crippen molar-refractivity contribution in [3.63, 3.8) is 0 Å². The highest BCUT2D eigenvalue weighted by Crippen LogP contribution is 2.25. The molecule has 2 rings (SSSR count). The molecule has 0 heterocycles. The Labute approximate surface area is 150 Å². The summed E-state index contributed by atoms with van der Waals surface area (Å²) in [5.41, 5.74) is 0.312. The number of nitrogens with zero attached hydrogens (tertiary/aromatic N) is 2. The second-order valence-electron chi connectivity index (χ2n) is 5.20. The van der Waals surface area contributed by atoms with E-state index in [0.717, 1.165) is 0 Å². The summed E-state index contributed by atoms with van der Waals surface area (Å²) in [5, 5.41) is 22.0. The van der Waals surface area contributed by atoms with E-state index in [2.05, 4.69) is 5.32 Å². The first-order valence-corrected chi connectivity index (χ1v) is 7.86. The molecule has 8 heteroatoms. The van der Waals surface area contributed by atoms with Crippen LogP contribution >= 0.6 is 0 Å². The van der Waals surface area contributed by atoms with Gasteiger partial charge in [0.05, 0.1) is 17.6 Å². The Balaban J connectivity index is 1.88. The number of hydrogen-bond acceptors (Lipinski definition) is 6. The van der Waals surface area contributed by atoms with Gasteiger partial charge in [0, 0.05) is 24.2 Å². The van der Waals surface area contributed by atoms with Crippen LogP contribution in [0.2, 0.25) is 0 Å². The lowest BCUT2D eigenvalue weighted by Crippen LogP contribution is -2.20. The molecule has 0 radical (unpaired) electrons. The van der Waals surface area contributed by atoms with Crippen molar-refractivity contribution in [2.24, 2.45) is 0 Å². The van der Waals surface area contributed by atoms with Gasteiger partial charge in [-0.15, -0.1) is 0 Å². The maximum atomic E-state index is 12.0. The van der Waals surface area contributed by atoms with E-state index >= 15 is 0 Å². The number of hydrogen-bond donors (Lipinski definition) is 1. The molecule has 0 aromatic heterocycles. The molecule has 0 spiro atoms. The van der Waals surface area contributed by atoms with Crippen molar-refractivity contribution >= 4 is 17.3 Å². The molecule has 1 amide bonds. The van der Waals surface area contributed by atoms with Crippen molar-refractivity contribution < 1.29 is 19.2 Å². The summed E-state index contributed by atoms with van der Waals surface area (Å²) in [6.07, 6.45) is 1.04. The van der Waals surface area contributed by atoms with Gasteiger partial charge in [-0.3, -0.25) is 14.9 Å². The Morgan fingerprint density at radius 2 is 2.00 bits per heavy atom. The average Bonchev–Trinajstić information content (AvgIpc) is 2.64. The van der Waals surface area contributed by atoms with E-state index in [4.69, 9.17) is 14.7 Å². The van der Waals surface area contributed by atoms with Gasteiger partial charge in [0.15, 0.2) is 12.4 Å². The summed E-state index contributed by atoms with van der Waals surface area (Å²) in [4.78, 5) is 22.3. The van der Waals surface area contributed by atoms with E-state index in [1.165, 1.54) is 18.2 Å². The number of ether oxygens (including phenoxy) is 2. The highest BCUT2D eigenvalue weighted by molar-refractivity contribution is 5.92. The lowest BCUT2D eigenvalue weighted by molar-refractivity contribution is -0.385. The third kappa shape index (κ3) is 5.79. The topological polar surface area (TPSA) is 114 Å². The van der Waals surface area contributed by atoms with Crippen LogP contribution in [0.25, 0.3) is 0 Å². The number of nitriles is 1. The molecule has 26 heavy (non-hydrogen) atoms. The Kier molecular flexibility index (Phi) is 6.94. The molecule has 2 aromatic rings. The van der Waals surface area contributed by atoms with Gasteiger partial charge in [-0.2, -0.15) is 5.26 Å². The van der Waals surface area contributed by atoms with E-state index in [-0.39, 0.29) is 18.0 Å². The quantitative estimate of drug-likeness (QED) is 0.419. The van der Waals surface area contributed by atoms with Gasteiger partial charge in [-0.25, -0.2) is 0 Å². The first kappa shape index (κ1) is 18.7. The number of benzene rings is 2. The van der Waals surface area contributed by atoms with Crippen LogP contribution in [-0.2, 0) is 4.79 Å². The minimum absolute atomic E-state index is 0.0298. The number of para-hydroxylation sites is 2. The molecule has 0 atom stereocenters. The summed E-state index contributed by atoms with van der Waals surface area (Å²) < 4.78 is 10.7. The van der Waals surface area contributed by atoms with Crippen LogP contribution in [0, 0.1) is 21.4 Å². The third-order valence-corrected chi connectivity index (χ3v) is 3.24. The zero-order valence-electron chi connectivity index (χ0n) is 13.9. The van der Waals surface area contributed by atoms with Gasteiger partial charge in [-0.1, -0.05) is 18.2 Å². The number of unbranched alkanes of at least 4 members (excludes halogenated alkanes) is 1. The molecule has 0 aliphatic heterocycles. The molecule has 8 nitrogen and oxygen atoms in total. The van der Waals surface area contributed by atoms with Crippen LogP contribution in [0.3, 0.4) is 0 Å². The zero-order chi connectivity index (χ0) is 18.8. The molecule has 1 N–H and O–H groups in total. The number of anilines is 1. The number of nitro benzene ring substituents is 1. The van der Waals surface area contributed by atoms with Crippen LogP contribution in [0.15, 0.2) is 48.5 Å². The van der Waals surface area contributed by atoms with Crippen LogP contribution in [0.4, 0.5) is 11.4 Å². The molecule has 0 saturated carbocycles. The van der Waals surface area contributed by atoms with Crippen LogP contribution in [0.1, 0.15) is 12.8 Å². The summed E-state index contributed by atoms with van der Waals surface area (Å²) in [6.45, 7) is 0.0455. The highest BCUT2D eigenvalue weighted by atomic mass is 16.6. The molecule has 0 unspecified atom stereocenters. The van der Waals surface area contributed by atoms with Gasteiger partial charge < -0.3 is 14.8 Å². The first-order valence-electron chi connectivity index (χ1n) is 7.86. The number of carbonyl (C=O) groups is 1. The van der Waals surface area contributed by atoms with E-state index in [0.29, 0.717) is 30.9 Å². The largest absolute Gasteiger partial charge is 0.493 e. The molecule has 0 bridgehead atoms. The average molecular weight is 355 g/mol.